The van der Waals surface area contributed by atoms with Gasteiger partial charge < -0.3 is 14.3 Å². The van der Waals surface area contributed by atoms with Gasteiger partial charge in [0.1, 0.15) is 5.76 Å². The summed E-state index contributed by atoms with van der Waals surface area (Å²) in [5.74, 6) is 0.603. The van der Waals surface area contributed by atoms with Gasteiger partial charge in [0, 0.05) is 43.2 Å². The lowest BCUT2D eigenvalue weighted by Gasteiger charge is -2.22. The van der Waals surface area contributed by atoms with Crippen LogP contribution in [0.25, 0.3) is 0 Å². The van der Waals surface area contributed by atoms with Gasteiger partial charge in [-0.05, 0) is 30.7 Å². The van der Waals surface area contributed by atoms with E-state index in [9.17, 15) is 22.8 Å². The van der Waals surface area contributed by atoms with Crippen LogP contribution in [-0.2, 0) is 11.6 Å². The highest BCUT2D eigenvalue weighted by atomic mass is 19.4. The molecule has 1 aromatic carbocycles. The van der Waals surface area contributed by atoms with Crippen molar-refractivity contribution in [3.05, 3.63) is 47.2 Å². The highest BCUT2D eigenvalue weighted by Crippen LogP contribution is 2.29. The second-order valence-corrected chi connectivity index (χ2v) is 8.46. The first-order valence-electron chi connectivity index (χ1n) is 9.95. The third-order valence-corrected chi connectivity index (χ3v) is 5.01. The van der Waals surface area contributed by atoms with Gasteiger partial charge in [0.25, 0.3) is 5.91 Å². The molecule has 0 unspecified atom stereocenters. The third kappa shape index (κ3) is 5.56. The quantitative estimate of drug-likeness (QED) is 0.755. The van der Waals surface area contributed by atoms with Crippen molar-refractivity contribution in [3.63, 3.8) is 0 Å². The third-order valence-electron chi connectivity index (χ3n) is 5.01. The Morgan fingerprint density at radius 3 is 2.19 bits per heavy atom. The summed E-state index contributed by atoms with van der Waals surface area (Å²) < 4.78 is 43.4. The monoisotopic (exact) mass is 438 g/mol. The van der Waals surface area contributed by atoms with E-state index in [1.54, 1.807) is 15.9 Å². The first kappa shape index (κ1) is 22.6. The largest absolute Gasteiger partial charge is 0.416 e. The maximum absolute atomic E-state index is 12.7. The van der Waals surface area contributed by atoms with Crippen LogP contribution in [0.3, 0.4) is 0 Å². The van der Waals surface area contributed by atoms with Crippen LogP contribution >= 0.6 is 0 Å². The van der Waals surface area contributed by atoms with E-state index in [0.717, 1.165) is 12.1 Å². The number of carbonyl (C=O) groups excluding carboxylic acids is 2. The number of hydrogen-bond acceptors (Lipinski definition) is 4. The molecule has 2 heterocycles. The molecule has 1 saturated heterocycles. The summed E-state index contributed by atoms with van der Waals surface area (Å²) in [6, 6.07) is 5.48. The van der Waals surface area contributed by atoms with Crippen LogP contribution in [0.2, 0.25) is 0 Å². The number of alkyl halides is 3. The summed E-state index contributed by atoms with van der Waals surface area (Å²) in [4.78, 5) is 28.4. The molecule has 1 aromatic heterocycles. The molecular formula is C21H25F3N4O3. The summed E-state index contributed by atoms with van der Waals surface area (Å²) in [6.45, 7) is 7.32. The van der Waals surface area contributed by atoms with Crippen molar-refractivity contribution in [3.8, 4) is 0 Å². The first-order valence-corrected chi connectivity index (χ1v) is 9.95. The molecular weight excluding hydrogens is 413 g/mol. The first-order chi connectivity index (χ1) is 14.4. The zero-order valence-corrected chi connectivity index (χ0v) is 17.6. The van der Waals surface area contributed by atoms with Crippen LogP contribution in [-0.4, -0.2) is 53.1 Å². The lowest BCUT2D eigenvalue weighted by Crippen LogP contribution is -2.39. The Bertz CT molecular complexity index is 933. The van der Waals surface area contributed by atoms with Gasteiger partial charge in [0.05, 0.1) is 5.56 Å². The number of nitrogens with one attached hydrogen (secondary N) is 1. The fourth-order valence-corrected chi connectivity index (χ4v) is 3.18. The van der Waals surface area contributed by atoms with Crippen LogP contribution in [0, 0.1) is 0 Å². The minimum absolute atomic E-state index is 0.184. The predicted octanol–water partition coefficient (Wildman–Crippen LogP) is 4.37. The SMILES string of the molecule is CC(C)(C)c1cc(NC(=O)N2CCCN(C(=O)c3ccc(C(F)(F)F)cc3)CC2)no1. The molecule has 0 saturated carbocycles. The fraction of sp³-hybridized carbons (Fsp3) is 0.476. The maximum atomic E-state index is 12.7. The molecule has 31 heavy (non-hydrogen) atoms. The molecule has 1 aliphatic heterocycles. The maximum Gasteiger partial charge on any atom is 0.416 e. The molecule has 1 N–H and O–H groups in total. The highest BCUT2D eigenvalue weighted by Gasteiger charge is 2.31. The number of anilines is 1. The average Bonchev–Trinajstić information content (AvgIpc) is 3.03. The smallest absolute Gasteiger partial charge is 0.359 e. The molecule has 168 valence electrons. The van der Waals surface area contributed by atoms with Gasteiger partial charge in [-0.1, -0.05) is 25.9 Å². The number of rotatable bonds is 2. The van der Waals surface area contributed by atoms with Gasteiger partial charge in [-0.25, -0.2) is 4.79 Å². The highest BCUT2D eigenvalue weighted by molar-refractivity contribution is 5.94. The van der Waals surface area contributed by atoms with Crippen LogP contribution < -0.4 is 5.32 Å². The molecule has 3 amide bonds. The van der Waals surface area contributed by atoms with Gasteiger partial charge in [0.15, 0.2) is 5.82 Å². The Kier molecular flexibility index (Phi) is 6.28. The lowest BCUT2D eigenvalue weighted by molar-refractivity contribution is -0.137. The molecule has 0 spiro atoms. The topological polar surface area (TPSA) is 78.7 Å². The molecule has 3 rings (SSSR count). The molecule has 0 atom stereocenters. The van der Waals surface area contributed by atoms with E-state index < -0.39 is 11.7 Å². The molecule has 0 radical (unpaired) electrons. The van der Waals surface area contributed by atoms with E-state index in [-0.39, 0.29) is 29.5 Å². The van der Waals surface area contributed by atoms with Crippen LogP contribution in [0.15, 0.2) is 34.9 Å². The van der Waals surface area contributed by atoms with Gasteiger partial charge in [-0.15, -0.1) is 0 Å². The van der Waals surface area contributed by atoms with E-state index in [2.05, 4.69) is 10.5 Å². The number of benzene rings is 1. The zero-order valence-electron chi connectivity index (χ0n) is 17.6. The number of aromatic nitrogens is 1. The Labute approximate surface area is 178 Å². The Morgan fingerprint density at radius 1 is 1.00 bits per heavy atom. The Balaban J connectivity index is 1.59. The number of carbonyl (C=O) groups is 2. The molecule has 0 aliphatic carbocycles. The van der Waals surface area contributed by atoms with Crippen molar-refractivity contribution < 1.29 is 27.3 Å². The van der Waals surface area contributed by atoms with E-state index in [1.165, 1.54) is 12.1 Å². The second-order valence-electron chi connectivity index (χ2n) is 8.46. The van der Waals surface area contributed by atoms with Crippen molar-refractivity contribution in [1.82, 2.24) is 15.0 Å². The van der Waals surface area contributed by atoms with E-state index >= 15 is 0 Å². The normalized spacial score (nSPS) is 15.5. The molecule has 1 aliphatic rings. The van der Waals surface area contributed by atoms with Crippen LogP contribution in [0.1, 0.15) is 48.9 Å². The number of amides is 3. The van der Waals surface area contributed by atoms with Gasteiger partial charge in [-0.2, -0.15) is 13.2 Å². The van der Waals surface area contributed by atoms with E-state index in [1.807, 2.05) is 20.8 Å². The van der Waals surface area contributed by atoms with Gasteiger partial charge >= 0.3 is 12.2 Å². The van der Waals surface area contributed by atoms with Crippen LogP contribution in [0.5, 0.6) is 0 Å². The standard InChI is InChI=1S/C21H25F3N4O3/c1-20(2,3)16-13-17(26-31-16)25-19(30)28-10-4-9-27(11-12-28)18(29)14-5-7-15(8-6-14)21(22,23)24/h5-8,13H,4,9-12H2,1-3H3,(H,25,26,30). The molecule has 10 heteroatoms. The summed E-state index contributed by atoms with van der Waals surface area (Å²) in [6.07, 6.45) is -3.90. The summed E-state index contributed by atoms with van der Waals surface area (Å²) >= 11 is 0. The van der Waals surface area contributed by atoms with Crippen molar-refractivity contribution >= 4 is 17.8 Å². The van der Waals surface area contributed by atoms with E-state index in [0.29, 0.717) is 37.6 Å². The Hall–Kier alpha value is -3.04. The number of nitrogens with zero attached hydrogens (tertiary/aromatic N) is 3. The van der Waals surface area contributed by atoms with E-state index in [4.69, 9.17) is 4.52 Å². The summed E-state index contributed by atoms with van der Waals surface area (Å²) in [5.41, 5.74) is -0.856. The van der Waals surface area contributed by atoms with Crippen LogP contribution in [0.4, 0.5) is 23.8 Å². The second kappa shape index (κ2) is 8.60. The Morgan fingerprint density at radius 2 is 1.61 bits per heavy atom. The zero-order chi connectivity index (χ0) is 22.8. The average molecular weight is 438 g/mol. The number of hydrogen-bond donors (Lipinski definition) is 1. The van der Waals surface area contributed by atoms with Gasteiger partial charge in [-0.3, -0.25) is 10.1 Å². The molecule has 2 aromatic rings. The van der Waals surface area contributed by atoms with Crippen molar-refractivity contribution in [2.24, 2.45) is 0 Å². The van der Waals surface area contributed by atoms with Crippen molar-refractivity contribution in [1.29, 1.82) is 0 Å². The molecule has 7 nitrogen and oxygen atoms in total. The number of urea groups is 1. The summed E-state index contributed by atoms with van der Waals surface area (Å²) in [7, 11) is 0. The minimum Gasteiger partial charge on any atom is -0.359 e. The van der Waals surface area contributed by atoms with Gasteiger partial charge in [0.2, 0.25) is 0 Å². The molecule has 0 bridgehead atoms. The summed E-state index contributed by atoms with van der Waals surface area (Å²) in [5, 5.41) is 6.57. The van der Waals surface area contributed by atoms with Crippen molar-refractivity contribution in [2.75, 3.05) is 31.5 Å². The number of halogens is 3. The lowest BCUT2D eigenvalue weighted by atomic mass is 9.93. The van der Waals surface area contributed by atoms with Crippen molar-refractivity contribution in [2.45, 2.75) is 38.8 Å². The fourth-order valence-electron chi connectivity index (χ4n) is 3.18. The minimum atomic E-state index is -4.45. The molecule has 1 fully saturated rings. The predicted molar refractivity (Wildman–Crippen MR) is 108 cm³/mol.